The van der Waals surface area contributed by atoms with Gasteiger partial charge in [0.2, 0.25) is 0 Å². The molecule has 0 spiro atoms. The Morgan fingerprint density at radius 2 is 1.96 bits per heavy atom. The lowest BCUT2D eigenvalue weighted by atomic mass is 10.1. The molecule has 0 saturated carbocycles. The van der Waals surface area contributed by atoms with Gasteiger partial charge in [-0.25, -0.2) is 14.1 Å². The van der Waals surface area contributed by atoms with Crippen LogP contribution in [0.3, 0.4) is 0 Å². The molecule has 3 aromatic rings. The van der Waals surface area contributed by atoms with E-state index in [0.717, 1.165) is 11.3 Å². The Morgan fingerprint density at radius 1 is 1.17 bits per heavy atom. The molecule has 0 aliphatic heterocycles. The number of aromatic nitrogens is 3. The predicted molar refractivity (Wildman–Crippen MR) is 84.7 cm³/mol. The highest BCUT2D eigenvalue weighted by molar-refractivity contribution is 5.65. The largest absolute Gasteiger partial charge is 0.223 e. The van der Waals surface area contributed by atoms with Crippen LogP contribution in [0.1, 0.15) is 16.7 Å². The standard InChI is InChI=1S/C18H13FN4/c19-17-4-2-1-3-15(17)9-10-18(23-13-21-12-22-23)16-7-5-14(11-20)6-8-16/h1-8,10,12-13H,9H2. The van der Waals surface area contributed by atoms with E-state index in [2.05, 4.69) is 16.2 Å². The van der Waals surface area contributed by atoms with Gasteiger partial charge in [-0.1, -0.05) is 36.4 Å². The number of nitrogens with zero attached hydrogens (tertiary/aromatic N) is 4. The number of allylic oxidation sites excluding steroid dienone is 1. The van der Waals surface area contributed by atoms with Crippen LogP contribution in [0.2, 0.25) is 0 Å². The molecule has 1 heterocycles. The van der Waals surface area contributed by atoms with Gasteiger partial charge in [0.1, 0.15) is 18.5 Å². The maximum absolute atomic E-state index is 13.8. The lowest BCUT2D eigenvalue weighted by Crippen LogP contribution is -2.01. The smallest absolute Gasteiger partial charge is 0.138 e. The van der Waals surface area contributed by atoms with Crippen LogP contribution < -0.4 is 0 Å². The second-order valence-electron chi connectivity index (χ2n) is 4.91. The van der Waals surface area contributed by atoms with Crippen LogP contribution in [0, 0.1) is 17.1 Å². The summed E-state index contributed by atoms with van der Waals surface area (Å²) in [6.45, 7) is 0. The van der Waals surface area contributed by atoms with E-state index in [0.29, 0.717) is 17.5 Å². The van der Waals surface area contributed by atoms with Crippen molar-refractivity contribution in [3.8, 4) is 6.07 Å². The van der Waals surface area contributed by atoms with Gasteiger partial charge in [0.15, 0.2) is 0 Å². The van der Waals surface area contributed by atoms with Crippen molar-refractivity contribution in [1.29, 1.82) is 5.26 Å². The Morgan fingerprint density at radius 3 is 2.61 bits per heavy atom. The van der Waals surface area contributed by atoms with Crippen LogP contribution in [0.5, 0.6) is 0 Å². The summed E-state index contributed by atoms with van der Waals surface area (Å²) in [5, 5.41) is 13.0. The van der Waals surface area contributed by atoms with Gasteiger partial charge in [-0.3, -0.25) is 0 Å². The third-order valence-corrected chi connectivity index (χ3v) is 3.45. The van der Waals surface area contributed by atoms with E-state index in [1.807, 2.05) is 24.3 Å². The van der Waals surface area contributed by atoms with E-state index in [9.17, 15) is 4.39 Å². The van der Waals surface area contributed by atoms with Gasteiger partial charge in [-0.05, 0) is 35.7 Å². The molecule has 23 heavy (non-hydrogen) atoms. The van der Waals surface area contributed by atoms with Gasteiger partial charge in [-0.15, -0.1) is 0 Å². The van der Waals surface area contributed by atoms with Gasteiger partial charge in [0.05, 0.1) is 17.3 Å². The Labute approximate surface area is 133 Å². The number of hydrogen-bond donors (Lipinski definition) is 0. The van der Waals surface area contributed by atoms with Gasteiger partial charge in [0, 0.05) is 0 Å². The van der Waals surface area contributed by atoms with Crippen LogP contribution >= 0.6 is 0 Å². The summed E-state index contributed by atoms with van der Waals surface area (Å²) in [5.74, 6) is -0.235. The van der Waals surface area contributed by atoms with Crippen molar-refractivity contribution in [3.05, 3.63) is 89.8 Å². The number of rotatable bonds is 4. The molecule has 0 saturated heterocycles. The van der Waals surface area contributed by atoms with Crippen molar-refractivity contribution in [1.82, 2.24) is 14.8 Å². The molecule has 4 nitrogen and oxygen atoms in total. The summed E-state index contributed by atoms with van der Waals surface area (Å²) < 4.78 is 15.4. The topological polar surface area (TPSA) is 54.5 Å². The van der Waals surface area contributed by atoms with E-state index < -0.39 is 0 Å². The molecule has 0 atom stereocenters. The second-order valence-corrected chi connectivity index (χ2v) is 4.91. The first-order chi connectivity index (χ1) is 11.3. The molecule has 0 bridgehead atoms. The highest BCUT2D eigenvalue weighted by Gasteiger charge is 2.07. The Bertz CT molecular complexity index is 859. The summed E-state index contributed by atoms with van der Waals surface area (Å²) in [6.07, 6.45) is 5.36. The molecule has 0 aliphatic carbocycles. The van der Waals surface area contributed by atoms with Crippen LogP contribution in [0.15, 0.2) is 67.3 Å². The van der Waals surface area contributed by atoms with Crippen molar-refractivity contribution >= 4 is 5.70 Å². The minimum Gasteiger partial charge on any atom is -0.223 e. The summed E-state index contributed by atoms with van der Waals surface area (Å²) in [6, 6.07) is 15.9. The fraction of sp³-hybridized carbons (Fsp3) is 0.0556. The van der Waals surface area contributed by atoms with Crippen molar-refractivity contribution < 1.29 is 4.39 Å². The quantitative estimate of drug-likeness (QED) is 0.742. The van der Waals surface area contributed by atoms with E-state index in [-0.39, 0.29) is 5.82 Å². The average Bonchev–Trinajstić information content (AvgIpc) is 3.11. The zero-order valence-electron chi connectivity index (χ0n) is 12.2. The van der Waals surface area contributed by atoms with E-state index in [4.69, 9.17) is 5.26 Å². The van der Waals surface area contributed by atoms with Crippen molar-refractivity contribution in [2.24, 2.45) is 0 Å². The molecule has 0 radical (unpaired) electrons. The fourth-order valence-corrected chi connectivity index (χ4v) is 2.26. The normalized spacial score (nSPS) is 11.2. The molecule has 0 amide bonds. The number of hydrogen-bond acceptors (Lipinski definition) is 3. The van der Waals surface area contributed by atoms with Crippen LogP contribution in [0.4, 0.5) is 4.39 Å². The summed E-state index contributed by atoms with van der Waals surface area (Å²) in [7, 11) is 0. The van der Waals surface area contributed by atoms with Gasteiger partial charge < -0.3 is 0 Å². The second kappa shape index (κ2) is 6.67. The molecular weight excluding hydrogens is 291 g/mol. The third kappa shape index (κ3) is 3.33. The first-order valence-corrected chi connectivity index (χ1v) is 7.07. The highest BCUT2D eigenvalue weighted by Crippen LogP contribution is 2.18. The van der Waals surface area contributed by atoms with Crippen LogP contribution in [0.25, 0.3) is 5.70 Å². The van der Waals surface area contributed by atoms with E-state index in [1.54, 1.807) is 35.3 Å². The van der Waals surface area contributed by atoms with Crippen molar-refractivity contribution in [2.45, 2.75) is 6.42 Å². The maximum atomic E-state index is 13.8. The highest BCUT2D eigenvalue weighted by atomic mass is 19.1. The third-order valence-electron chi connectivity index (χ3n) is 3.45. The van der Waals surface area contributed by atoms with Crippen molar-refractivity contribution in [3.63, 3.8) is 0 Å². The van der Waals surface area contributed by atoms with Gasteiger partial charge in [-0.2, -0.15) is 10.4 Å². The monoisotopic (exact) mass is 304 g/mol. The zero-order chi connectivity index (χ0) is 16.1. The number of nitriles is 1. The van der Waals surface area contributed by atoms with E-state index in [1.165, 1.54) is 12.4 Å². The molecule has 112 valence electrons. The first-order valence-electron chi connectivity index (χ1n) is 7.07. The summed E-state index contributed by atoms with van der Waals surface area (Å²) >= 11 is 0. The minimum atomic E-state index is -0.235. The molecule has 0 fully saturated rings. The van der Waals surface area contributed by atoms with Crippen molar-refractivity contribution in [2.75, 3.05) is 0 Å². The first kappa shape index (κ1) is 14.7. The molecule has 5 heteroatoms. The molecular formula is C18H13FN4. The average molecular weight is 304 g/mol. The lowest BCUT2D eigenvalue weighted by molar-refractivity contribution is 0.615. The Balaban J connectivity index is 1.97. The summed E-state index contributed by atoms with van der Waals surface area (Å²) in [4.78, 5) is 3.96. The summed E-state index contributed by atoms with van der Waals surface area (Å²) in [5.41, 5.74) is 2.86. The molecule has 0 aliphatic rings. The molecule has 3 rings (SSSR count). The lowest BCUT2D eigenvalue weighted by Gasteiger charge is -2.08. The van der Waals surface area contributed by atoms with Crippen LogP contribution in [-0.4, -0.2) is 14.8 Å². The van der Waals surface area contributed by atoms with Gasteiger partial charge >= 0.3 is 0 Å². The Hall–Kier alpha value is -3.26. The van der Waals surface area contributed by atoms with E-state index >= 15 is 0 Å². The van der Waals surface area contributed by atoms with Crippen LogP contribution in [-0.2, 0) is 6.42 Å². The number of halogens is 1. The predicted octanol–water partition coefficient (Wildman–Crippen LogP) is 3.42. The number of benzene rings is 2. The maximum Gasteiger partial charge on any atom is 0.138 e. The molecule has 2 aromatic carbocycles. The minimum absolute atomic E-state index is 0.235. The fourth-order valence-electron chi connectivity index (χ4n) is 2.26. The SMILES string of the molecule is N#Cc1ccc(C(=CCc2ccccc2F)n2cncn2)cc1. The molecule has 0 N–H and O–H groups in total. The van der Waals surface area contributed by atoms with Gasteiger partial charge in [0.25, 0.3) is 0 Å². The molecule has 0 unspecified atom stereocenters. The Kier molecular flexibility index (Phi) is 4.25. The zero-order valence-corrected chi connectivity index (χ0v) is 12.2. The molecule has 1 aromatic heterocycles.